The maximum atomic E-state index is 8.96. The van der Waals surface area contributed by atoms with Crippen LogP contribution >= 0.6 is 0 Å². The van der Waals surface area contributed by atoms with Gasteiger partial charge in [-0.1, -0.05) is 12.1 Å². The average molecular weight is 204 g/mol. The van der Waals surface area contributed by atoms with E-state index in [0.29, 0.717) is 5.56 Å². The molecule has 0 atom stereocenters. The first-order chi connectivity index (χ1) is 7.33. The van der Waals surface area contributed by atoms with Crippen molar-refractivity contribution < 1.29 is 5.11 Å². The van der Waals surface area contributed by atoms with Gasteiger partial charge in [0.05, 0.1) is 11.3 Å². The summed E-state index contributed by atoms with van der Waals surface area (Å²) in [6.07, 6.45) is 0.730. The maximum absolute atomic E-state index is 8.96. The summed E-state index contributed by atoms with van der Waals surface area (Å²) < 4.78 is 0. The van der Waals surface area contributed by atoms with Crippen LogP contribution in [0.1, 0.15) is 18.9 Å². The van der Waals surface area contributed by atoms with E-state index in [1.807, 2.05) is 31.2 Å². The zero-order chi connectivity index (χ0) is 11.1. The normalized spacial score (nSPS) is 9.67. The molecule has 0 aliphatic heterocycles. The molecule has 0 aliphatic rings. The highest BCUT2D eigenvalue weighted by Gasteiger charge is 2.07. The monoisotopic (exact) mass is 204 g/mol. The highest BCUT2D eigenvalue weighted by Crippen LogP contribution is 2.19. The molecule has 1 aromatic rings. The Morgan fingerprint density at radius 2 is 2.13 bits per heavy atom. The van der Waals surface area contributed by atoms with E-state index in [0.717, 1.165) is 25.2 Å². The summed E-state index contributed by atoms with van der Waals surface area (Å²) in [6.45, 7) is 3.86. The SMILES string of the molecule is CCN(CCCO)c1ccccc1C#N. The first kappa shape index (κ1) is 11.5. The van der Waals surface area contributed by atoms with Gasteiger partial charge in [-0.15, -0.1) is 0 Å². The van der Waals surface area contributed by atoms with Gasteiger partial charge < -0.3 is 10.0 Å². The van der Waals surface area contributed by atoms with Gasteiger partial charge in [0.15, 0.2) is 0 Å². The Morgan fingerprint density at radius 3 is 2.73 bits per heavy atom. The summed E-state index contributed by atoms with van der Waals surface area (Å²) in [6, 6.07) is 9.73. The number of nitrogens with zero attached hydrogens (tertiary/aromatic N) is 2. The van der Waals surface area contributed by atoms with E-state index in [2.05, 4.69) is 11.0 Å². The minimum Gasteiger partial charge on any atom is -0.396 e. The van der Waals surface area contributed by atoms with Gasteiger partial charge in [0, 0.05) is 19.7 Å². The molecule has 0 aliphatic carbocycles. The smallest absolute Gasteiger partial charge is 0.101 e. The van der Waals surface area contributed by atoms with Crippen LogP contribution in [0.4, 0.5) is 5.69 Å². The maximum Gasteiger partial charge on any atom is 0.101 e. The summed E-state index contributed by atoms with van der Waals surface area (Å²) in [5.74, 6) is 0. The van der Waals surface area contributed by atoms with E-state index < -0.39 is 0 Å². The van der Waals surface area contributed by atoms with Crippen molar-refractivity contribution >= 4 is 5.69 Å². The van der Waals surface area contributed by atoms with Gasteiger partial charge in [0.1, 0.15) is 6.07 Å². The standard InChI is InChI=1S/C12H16N2O/c1-2-14(8-5-9-15)12-7-4-3-6-11(12)10-13/h3-4,6-7,15H,2,5,8-9H2,1H3. The third-order valence-electron chi connectivity index (χ3n) is 2.33. The van der Waals surface area contributed by atoms with Gasteiger partial charge in [-0.3, -0.25) is 0 Å². The van der Waals surface area contributed by atoms with Gasteiger partial charge in [-0.25, -0.2) is 0 Å². The summed E-state index contributed by atoms with van der Waals surface area (Å²) in [7, 11) is 0. The van der Waals surface area contributed by atoms with E-state index in [9.17, 15) is 0 Å². The molecule has 0 radical (unpaired) electrons. The number of aliphatic hydroxyl groups is 1. The van der Waals surface area contributed by atoms with Crippen LogP contribution in [0.5, 0.6) is 0 Å². The molecule has 0 fully saturated rings. The Hall–Kier alpha value is -1.53. The molecule has 0 heterocycles. The van der Waals surface area contributed by atoms with Crippen molar-refractivity contribution in [2.75, 3.05) is 24.6 Å². The van der Waals surface area contributed by atoms with Crippen LogP contribution in [-0.2, 0) is 0 Å². The number of para-hydroxylation sites is 1. The average Bonchev–Trinajstić information content (AvgIpc) is 2.30. The molecule has 0 saturated carbocycles. The number of nitriles is 1. The van der Waals surface area contributed by atoms with Crippen molar-refractivity contribution in [1.29, 1.82) is 5.26 Å². The van der Waals surface area contributed by atoms with Gasteiger partial charge in [0.2, 0.25) is 0 Å². The first-order valence-electron chi connectivity index (χ1n) is 5.18. The van der Waals surface area contributed by atoms with E-state index in [1.165, 1.54) is 0 Å². The number of hydrogen-bond donors (Lipinski definition) is 1. The molecular formula is C12H16N2O. The van der Waals surface area contributed by atoms with Crippen molar-refractivity contribution in [2.45, 2.75) is 13.3 Å². The molecule has 0 spiro atoms. The van der Waals surface area contributed by atoms with E-state index in [1.54, 1.807) is 0 Å². The second-order valence-corrected chi connectivity index (χ2v) is 3.29. The summed E-state index contributed by atoms with van der Waals surface area (Å²) in [5, 5.41) is 17.8. The Labute approximate surface area is 90.6 Å². The van der Waals surface area contributed by atoms with Crippen molar-refractivity contribution in [3.05, 3.63) is 29.8 Å². The lowest BCUT2D eigenvalue weighted by Crippen LogP contribution is -2.25. The van der Waals surface area contributed by atoms with Gasteiger partial charge in [-0.05, 0) is 25.5 Å². The van der Waals surface area contributed by atoms with Crippen LogP contribution in [0.15, 0.2) is 24.3 Å². The number of anilines is 1. The van der Waals surface area contributed by atoms with Crippen molar-refractivity contribution in [1.82, 2.24) is 0 Å². The number of benzene rings is 1. The minimum absolute atomic E-state index is 0.186. The predicted molar refractivity (Wildman–Crippen MR) is 60.7 cm³/mol. The lowest BCUT2D eigenvalue weighted by atomic mass is 10.1. The number of aliphatic hydroxyl groups excluding tert-OH is 1. The minimum atomic E-state index is 0.186. The van der Waals surface area contributed by atoms with Crippen molar-refractivity contribution in [2.24, 2.45) is 0 Å². The van der Waals surface area contributed by atoms with E-state index >= 15 is 0 Å². The fourth-order valence-corrected chi connectivity index (χ4v) is 1.55. The molecule has 0 saturated heterocycles. The first-order valence-corrected chi connectivity index (χ1v) is 5.18. The zero-order valence-electron chi connectivity index (χ0n) is 8.98. The highest BCUT2D eigenvalue weighted by molar-refractivity contribution is 5.59. The molecule has 0 unspecified atom stereocenters. The second-order valence-electron chi connectivity index (χ2n) is 3.29. The van der Waals surface area contributed by atoms with E-state index in [4.69, 9.17) is 10.4 Å². The third kappa shape index (κ3) is 2.97. The second kappa shape index (κ2) is 6.05. The summed E-state index contributed by atoms with van der Waals surface area (Å²) in [4.78, 5) is 2.11. The fourth-order valence-electron chi connectivity index (χ4n) is 1.55. The van der Waals surface area contributed by atoms with Crippen LogP contribution in [0.2, 0.25) is 0 Å². The zero-order valence-corrected chi connectivity index (χ0v) is 8.98. The van der Waals surface area contributed by atoms with Crippen LogP contribution in [-0.4, -0.2) is 24.8 Å². The molecule has 1 rings (SSSR count). The predicted octanol–water partition coefficient (Wildman–Crippen LogP) is 1.77. The molecular weight excluding hydrogens is 188 g/mol. The molecule has 3 heteroatoms. The summed E-state index contributed by atoms with van der Waals surface area (Å²) >= 11 is 0. The molecule has 0 aromatic heterocycles. The number of rotatable bonds is 5. The van der Waals surface area contributed by atoms with Crippen LogP contribution in [0.3, 0.4) is 0 Å². The molecule has 0 bridgehead atoms. The number of hydrogen-bond acceptors (Lipinski definition) is 3. The van der Waals surface area contributed by atoms with Gasteiger partial charge in [0.25, 0.3) is 0 Å². The lowest BCUT2D eigenvalue weighted by Gasteiger charge is -2.23. The molecule has 0 amide bonds. The Kier molecular flexibility index (Phi) is 4.65. The third-order valence-corrected chi connectivity index (χ3v) is 2.33. The Balaban J connectivity index is 2.86. The van der Waals surface area contributed by atoms with Crippen molar-refractivity contribution in [3.8, 4) is 6.07 Å². The van der Waals surface area contributed by atoms with Crippen LogP contribution < -0.4 is 4.90 Å². The van der Waals surface area contributed by atoms with Crippen molar-refractivity contribution in [3.63, 3.8) is 0 Å². The lowest BCUT2D eigenvalue weighted by molar-refractivity contribution is 0.289. The van der Waals surface area contributed by atoms with Gasteiger partial charge >= 0.3 is 0 Å². The Bertz CT molecular complexity index is 344. The molecule has 1 aromatic carbocycles. The molecule has 3 nitrogen and oxygen atoms in total. The quantitative estimate of drug-likeness (QED) is 0.795. The molecule has 1 N–H and O–H groups in total. The highest BCUT2D eigenvalue weighted by atomic mass is 16.3. The Morgan fingerprint density at radius 1 is 1.40 bits per heavy atom. The van der Waals surface area contributed by atoms with E-state index in [-0.39, 0.29) is 6.61 Å². The molecule has 80 valence electrons. The largest absolute Gasteiger partial charge is 0.396 e. The summed E-state index contributed by atoms with van der Waals surface area (Å²) in [5.41, 5.74) is 1.65. The van der Waals surface area contributed by atoms with Crippen LogP contribution in [0, 0.1) is 11.3 Å². The van der Waals surface area contributed by atoms with Crippen LogP contribution in [0.25, 0.3) is 0 Å². The fraction of sp³-hybridized carbons (Fsp3) is 0.417. The molecule has 15 heavy (non-hydrogen) atoms. The van der Waals surface area contributed by atoms with Gasteiger partial charge in [-0.2, -0.15) is 5.26 Å². The topological polar surface area (TPSA) is 47.3 Å².